The molecule has 4 rings (SSSR count). The number of morpholine rings is 1. The average molecular weight is 430 g/mol. The molecule has 6 heteroatoms. The molecule has 0 atom stereocenters. The smallest absolute Gasteiger partial charge is 0.256 e. The van der Waals surface area contributed by atoms with E-state index in [9.17, 15) is 9.59 Å². The Balaban J connectivity index is 1.82. The van der Waals surface area contributed by atoms with Crippen molar-refractivity contribution in [2.75, 3.05) is 32.0 Å². The normalized spacial score (nSPS) is 14.4. The number of amides is 1. The second-order valence-electron chi connectivity index (χ2n) is 7.99. The first-order valence-electron chi connectivity index (χ1n) is 10.7. The third-order valence-electron chi connectivity index (χ3n) is 5.76. The molecular weight excluding hydrogens is 402 g/mol. The van der Waals surface area contributed by atoms with E-state index in [1.165, 1.54) is 0 Å². The van der Waals surface area contributed by atoms with E-state index in [-0.39, 0.29) is 5.91 Å². The Kier molecular flexibility index (Phi) is 6.23. The van der Waals surface area contributed by atoms with Crippen LogP contribution in [0, 0.1) is 13.8 Å². The molecule has 0 spiro atoms. The molecule has 0 saturated carbocycles. The number of carbonyl (C=O) groups is 2. The van der Waals surface area contributed by atoms with Crippen molar-refractivity contribution in [2.24, 2.45) is 0 Å². The first-order chi connectivity index (χ1) is 15.5. The van der Waals surface area contributed by atoms with Crippen LogP contribution in [0.5, 0.6) is 0 Å². The highest BCUT2D eigenvalue weighted by Gasteiger charge is 2.23. The van der Waals surface area contributed by atoms with Crippen LogP contribution in [0.15, 0.2) is 48.5 Å². The van der Waals surface area contributed by atoms with Crippen LogP contribution in [-0.2, 0) is 9.53 Å². The minimum atomic E-state index is -0.0747. The van der Waals surface area contributed by atoms with E-state index < -0.39 is 0 Å². The van der Waals surface area contributed by atoms with Gasteiger partial charge in [0.2, 0.25) is 0 Å². The van der Waals surface area contributed by atoms with Crippen molar-refractivity contribution in [1.82, 2.24) is 9.88 Å². The Bertz CT molecular complexity index is 1190. The second-order valence-corrected chi connectivity index (χ2v) is 7.99. The number of anilines is 1. The number of aryl methyl sites for hydroxylation is 2. The molecule has 1 fully saturated rings. The van der Waals surface area contributed by atoms with Gasteiger partial charge in [-0.3, -0.25) is 9.59 Å². The molecular formula is C26H27N3O3. The summed E-state index contributed by atoms with van der Waals surface area (Å²) < 4.78 is 5.37. The molecule has 32 heavy (non-hydrogen) atoms. The summed E-state index contributed by atoms with van der Waals surface area (Å²) in [6.07, 6.45) is 2.52. The number of allylic oxidation sites excluding steroid dienone is 1. The summed E-state index contributed by atoms with van der Waals surface area (Å²) in [6, 6.07) is 15.4. The Morgan fingerprint density at radius 3 is 2.50 bits per heavy atom. The zero-order chi connectivity index (χ0) is 22.7. The SMILES string of the molecule is Cc1cc(C(=O)N2CCOCC2)c(/C=C(\C=O)c2c(N)cccc2-c2ccccc2C)[nH]1. The maximum atomic E-state index is 13.1. The van der Waals surface area contributed by atoms with Crippen molar-refractivity contribution in [1.29, 1.82) is 0 Å². The van der Waals surface area contributed by atoms with Gasteiger partial charge in [0.15, 0.2) is 6.29 Å². The molecule has 1 aliphatic rings. The number of H-pyrrole nitrogens is 1. The van der Waals surface area contributed by atoms with Gasteiger partial charge in [-0.15, -0.1) is 0 Å². The van der Waals surface area contributed by atoms with Crippen molar-refractivity contribution >= 4 is 29.5 Å². The Morgan fingerprint density at radius 1 is 1.06 bits per heavy atom. The Labute approximate surface area is 187 Å². The number of rotatable bonds is 5. The van der Waals surface area contributed by atoms with Gasteiger partial charge < -0.3 is 20.4 Å². The van der Waals surface area contributed by atoms with E-state index >= 15 is 0 Å². The number of aldehydes is 1. The van der Waals surface area contributed by atoms with Crippen molar-refractivity contribution in [3.05, 3.63) is 76.6 Å². The molecule has 2 aromatic carbocycles. The highest BCUT2D eigenvalue weighted by Crippen LogP contribution is 2.35. The lowest BCUT2D eigenvalue weighted by atomic mass is 9.90. The summed E-state index contributed by atoms with van der Waals surface area (Å²) in [5.74, 6) is -0.0747. The summed E-state index contributed by atoms with van der Waals surface area (Å²) >= 11 is 0. The summed E-state index contributed by atoms with van der Waals surface area (Å²) in [6.45, 7) is 6.08. The molecule has 0 radical (unpaired) electrons. The molecule has 164 valence electrons. The van der Waals surface area contributed by atoms with Gasteiger partial charge in [-0.05, 0) is 48.7 Å². The Hall–Kier alpha value is -3.64. The molecule has 6 nitrogen and oxygen atoms in total. The number of carbonyl (C=O) groups excluding carboxylic acids is 2. The third kappa shape index (κ3) is 4.22. The molecule has 1 aromatic heterocycles. The number of benzene rings is 2. The van der Waals surface area contributed by atoms with Crippen molar-refractivity contribution in [3.8, 4) is 11.1 Å². The number of nitrogen functional groups attached to an aromatic ring is 1. The van der Waals surface area contributed by atoms with Crippen LogP contribution >= 0.6 is 0 Å². The monoisotopic (exact) mass is 429 g/mol. The van der Waals surface area contributed by atoms with E-state index in [1.54, 1.807) is 17.0 Å². The molecule has 0 unspecified atom stereocenters. The van der Waals surface area contributed by atoms with Crippen molar-refractivity contribution in [2.45, 2.75) is 13.8 Å². The fourth-order valence-electron chi connectivity index (χ4n) is 4.15. The molecule has 1 aliphatic heterocycles. The fraction of sp³-hybridized carbons (Fsp3) is 0.231. The van der Waals surface area contributed by atoms with Crippen LogP contribution in [0.25, 0.3) is 22.8 Å². The number of aromatic amines is 1. The summed E-state index contributed by atoms with van der Waals surface area (Å²) in [4.78, 5) is 30.4. The lowest BCUT2D eigenvalue weighted by Crippen LogP contribution is -2.40. The second kappa shape index (κ2) is 9.24. The lowest BCUT2D eigenvalue weighted by molar-refractivity contribution is -0.103. The minimum absolute atomic E-state index is 0.0747. The first kappa shape index (κ1) is 21.6. The van der Waals surface area contributed by atoms with E-state index in [2.05, 4.69) is 4.98 Å². The lowest BCUT2D eigenvalue weighted by Gasteiger charge is -2.26. The fourth-order valence-corrected chi connectivity index (χ4v) is 4.15. The van der Waals surface area contributed by atoms with Gasteiger partial charge in [-0.1, -0.05) is 36.4 Å². The first-order valence-corrected chi connectivity index (χ1v) is 10.7. The molecule has 1 amide bonds. The number of ether oxygens (including phenoxy) is 1. The van der Waals surface area contributed by atoms with Crippen LogP contribution in [0.3, 0.4) is 0 Å². The standard InChI is InChI=1S/C26H27N3O3/c1-17-6-3-4-7-20(17)21-8-5-9-23(27)25(21)19(16-30)15-24-22(14-18(2)28-24)26(31)29-10-12-32-13-11-29/h3-9,14-16,28H,10-13,27H2,1-2H3/b19-15+. The van der Waals surface area contributed by atoms with Gasteiger partial charge in [0.05, 0.1) is 24.5 Å². The topological polar surface area (TPSA) is 88.4 Å². The van der Waals surface area contributed by atoms with Gasteiger partial charge >= 0.3 is 0 Å². The van der Waals surface area contributed by atoms with Crippen LogP contribution in [0.4, 0.5) is 5.69 Å². The van der Waals surface area contributed by atoms with Gasteiger partial charge in [0.1, 0.15) is 0 Å². The summed E-state index contributed by atoms with van der Waals surface area (Å²) in [5, 5.41) is 0. The molecule has 0 bridgehead atoms. The molecule has 1 saturated heterocycles. The zero-order valence-corrected chi connectivity index (χ0v) is 18.4. The zero-order valence-electron chi connectivity index (χ0n) is 18.4. The van der Waals surface area contributed by atoms with Crippen molar-refractivity contribution in [3.63, 3.8) is 0 Å². The summed E-state index contributed by atoms with van der Waals surface area (Å²) in [7, 11) is 0. The highest BCUT2D eigenvalue weighted by atomic mass is 16.5. The number of hydrogen-bond donors (Lipinski definition) is 2. The predicted octanol–water partition coefficient (Wildman–Crippen LogP) is 4.09. The van der Waals surface area contributed by atoms with E-state index in [1.807, 2.05) is 56.3 Å². The van der Waals surface area contributed by atoms with Crippen LogP contribution in [0.2, 0.25) is 0 Å². The molecule has 2 heterocycles. The number of nitrogens with one attached hydrogen (secondary N) is 1. The highest BCUT2D eigenvalue weighted by molar-refractivity contribution is 6.18. The molecule has 0 aliphatic carbocycles. The molecule has 3 aromatic rings. The number of nitrogens with two attached hydrogens (primary N) is 1. The predicted molar refractivity (Wildman–Crippen MR) is 127 cm³/mol. The average Bonchev–Trinajstić information content (AvgIpc) is 3.18. The Morgan fingerprint density at radius 2 is 1.78 bits per heavy atom. The van der Waals surface area contributed by atoms with Gasteiger partial charge in [-0.2, -0.15) is 0 Å². The number of aromatic nitrogens is 1. The van der Waals surface area contributed by atoms with E-state index in [0.717, 1.165) is 28.7 Å². The quantitative estimate of drug-likeness (QED) is 0.363. The largest absolute Gasteiger partial charge is 0.398 e. The minimum Gasteiger partial charge on any atom is -0.398 e. The van der Waals surface area contributed by atoms with Gasteiger partial charge in [-0.25, -0.2) is 0 Å². The number of hydrogen-bond acceptors (Lipinski definition) is 4. The van der Waals surface area contributed by atoms with Crippen LogP contribution in [-0.4, -0.2) is 48.4 Å². The number of nitrogens with zero attached hydrogens (tertiary/aromatic N) is 1. The third-order valence-corrected chi connectivity index (χ3v) is 5.76. The maximum absolute atomic E-state index is 13.1. The van der Waals surface area contributed by atoms with E-state index in [4.69, 9.17) is 10.5 Å². The van der Waals surface area contributed by atoms with Crippen molar-refractivity contribution < 1.29 is 14.3 Å². The molecule has 3 N–H and O–H groups in total. The maximum Gasteiger partial charge on any atom is 0.256 e. The summed E-state index contributed by atoms with van der Waals surface area (Å²) in [5.41, 5.74) is 12.9. The van der Waals surface area contributed by atoms with Crippen LogP contribution < -0.4 is 5.73 Å². The van der Waals surface area contributed by atoms with Gasteiger partial charge in [0, 0.05) is 35.6 Å². The van der Waals surface area contributed by atoms with E-state index in [0.29, 0.717) is 54.4 Å². The van der Waals surface area contributed by atoms with Crippen LogP contribution in [0.1, 0.15) is 32.9 Å². The van der Waals surface area contributed by atoms with Gasteiger partial charge in [0.25, 0.3) is 5.91 Å².